The highest BCUT2D eigenvalue weighted by Crippen LogP contribution is 2.26. The number of nitrogens with two attached hydrogens (primary N) is 1. The van der Waals surface area contributed by atoms with Crippen molar-refractivity contribution in [1.29, 1.82) is 0 Å². The van der Waals surface area contributed by atoms with Gasteiger partial charge in [-0.25, -0.2) is 9.97 Å². The molecule has 1 aliphatic rings. The average Bonchev–Trinajstić information content (AvgIpc) is 2.91. The molecular weight excluding hydrogens is 448 g/mol. The van der Waals surface area contributed by atoms with Crippen LogP contribution in [0.3, 0.4) is 0 Å². The van der Waals surface area contributed by atoms with E-state index in [1.54, 1.807) is 12.2 Å². The number of hydrogen-bond acceptors (Lipinski definition) is 7. The van der Waals surface area contributed by atoms with E-state index in [0.717, 1.165) is 101 Å². The van der Waals surface area contributed by atoms with Crippen molar-refractivity contribution >= 4 is 5.95 Å². The summed E-state index contributed by atoms with van der Waals surface area (Å²) in [5.41, 5.74) is 11.2. The number of allylic oxidation sites excluding steroid dienone is 3. The molecule has 2 aromatic rings. The molecule has 0 saturated carbocycles. The van der Waals surface area contributed by atoms with Crippen molar-refractivity contribution in [2.24, 2.45) is 5.73 Å². The van der Waals surface area contributed by atoms with Crippen molar-refractivity contribution in [2.45, 2.75) is 38.6 Å². The molecule has 1 fully saturated rings. The number of aliphatic hydroxyl groups excluding tert-OH is 1. The molecule has 7 heteroatoms. The number of aromatic nitrogens is 2. The lowest BCUT2D eigenvalue weighted by atomic mass is 10.00. The van der Waals surface area contributed by atoms with Crippen molar-refractivity contribution in [1.82, 2.24) is 19.8 Å². The quantitative estimate of drug-likeness (QED) is 0.285. The number of nitrogens with one attached hydrogen (secondary N) is 1. The molecule has 1 aromatic carbocycles. The minimum absolute atomic E-state index is 0.584. The minimum Gasteiger partial charge on any atom is -0.400 e. The molecule has 0 bridgehead atoms. The zero-order valence-electron chi connectivity index (χ0n) is 22.1. The van der Waals surface area contributed by atoms with Crippen molar-refractivity contribution in [3.05, 3.63) is 78.8 Å². The second-order valence-corrected chi connectivity index (χ2v) is 8.97. The van der Waals surface area contributed by atoms with Gasteiger partial charge in [-0.05, 0) is 56.1 Å². The maximum atomic E-state index is 7.00. The van der Waals surface area contributed by atoms with Crippen LogP contribution in [0, 0.1) is 0 Å². The Hall–Kier alpha value is -2.84. The maximum absolute atomic E-state index is 7.00. The second-order valence-electron chi connectivity index (χ2n) is 8.97. The Morgan fingerprint density at radius 3 is 2.39 bits per heavy atom. The van der Waals surface area contributed by atoms with Gasteiger partial charge in [-0.15, -0.1) is 0 Å². The Balaban J connectivity index is 0.00000222. The molecule has 0 aliphatic carbocycles. The van der Waals surface area contributed by atoms with Gasteiger partial charge >= 0.3 is 0 Å². The zero-order valence-corrected chi connectivity index (χ0v) is 22.1. The molecule has 0 atom stereocenters. The molecule has 3 rings (SSSR count). The molecular formula is C29H44N6O. The summed E-state index contributed by atoms with van der Waals surface area (Å²) in [6.45, 7) is 13.9. The molecule has 36 heavy (non-hydrogen) atoms. The van der Waals surface area contributed by atoms with Crippen LogP contribution in [0.25, 0.3) is 11.1 Å². The number of hydrogen-bond donors (Lipinski definition) is 3. The normalized spacial score (nSPS) is 14.6. The van der Waals surface area contributed by atoms with Gasteiger partial charge in [-0.3, -0.25) is 4.90 Å². The van der Waals surface area contributed by atoms with E-state index in [9.17, 15) is 0 Å². The summed E-state index contributed by atoms with van der Waals surface area (Å²) in [7, 11) is 3.19. The van der Waals surface area contributed by atoms with Crippen LogP contribution >= 0.6 is 0 Å². The van der Waals surface area contributed by atoms with Crippen LogP contribution in [0.4, 0.5) is 5.95 Å². The smallest absolute Gasteiger partial charge is 0.227 e. The summed E-state index contributed by atoms with van der Waals surface area (Å²) < 4.78 is 0. The van der Waals surface area contributed by atoms with Crippen LogP contribution < -0.4 is 11.1 Å². The molecule has 1 aliphatic heterocycles. The molecule has 1 saturated heterocycles. The van der Waals surface area contributed by atoms with Gasteiger partial charge in [0.05, 0.1) is 5.69 Å². The number of anilines is 1. The first kappa shape index (κ1) is 29.4. The first-order valence-electron chi connectivity index (χ1n) is 12.9. The van der Waals surface area contributed by atoms with E-state index in [2.05, 4.69) is 64.6 Å². The summed E-state index contributed by atoms with van der Waals surface area (Å²) in [5, 5.41) is 10.2. The third-order valence-electron chi connectivity index (χ3n) is 6.28. The van der Waals surface area contributed by atoms with Gasteiger partial charge in [-0.1, -0.05) is 56.3 Å². The Morgan fingerprint density at radius 2 is 1.75 bits per heavy atom. The third kappa shape index (κ3) is 9.66. The standard InChI is InChI=1S/C28H40N6.CH4O/c1-4-10-25(5-2)31-28-30-21-26(27(32-28)11-8-6-7-9-16-29)24-14-12-23(13-15-24)22-34-19-17-33(3)18-20-34;1-2/h4-5,10,12-15,21H,1-2,6-9,11,16-20,22,29H2,3H3,(H,30,31,32);2H,1H3/b25-10+;. The Morgan fingerprint density at radius 1 is 1.06 bits per heavy atom. The number of unbranched alkanes of at least 4 members (excludes halogenated alkanes) is 3. The molecule has 0 spiro atoms. The van der Waals surface area contributed by atoms with Crippen LogP contribution in [0.1, 0.15) is 36.9 Å². The number of rotatable bonds is 13. The van der Waals surface area contributed by atoms with Crippen molar-refractivity contribution in [2.75, 3.05) is 52.2 Å². The zero-order chi connectivity index (χ0) is 26.2. The van der Waals surface area contributed by atoms with Crippen molar-refractivity contribution in [3.8, 4) is 11.1 Å². The van der Waals surface area contributed by atoms with E-state index in [1.165, 1.54) is 5.56 Å². The van der Waals surface area contributed by atoms with E-state index >= 15 is 0 Å². The van der Waals surface area contributed by atoms with E-state index in [1.807, 2.05) is 12.3 Å². The molecule has 1 aromatic heterocycles. The van der Waals surface area contributed by atoms with Crippen LogP contribution in [-0.4, -0.2) is 71.8 Å². The number of piperazine rings is 1. The first-order valence-corrected chi connectivity index (χ1v) is 12.9. The summed E-state index contributed by atoms with van der Waals surface area (Å²) >= 11 is 0. The number of nitrogens with zero attached hydrogens (tertiary/aromatic N) is 4. The highest BCUT2D eigenvalue weighted by Gasteiger charge is 2.14. The molecule has 0 radical (unpaired) electrons. The maximum Gasteiger partial charge on any atom is 0.227 e. The Labute approximate surface area is 217 Å². The molecule has 196 valence electrons. The van der Waals surface area contributed by atoms with Gasteiger partial charge < -0.3 is 21.1 Å². The van der Waals surface area contributed by atoms with Gasteiger partial charge in [0.2, 0.25) is 5.95 Å². The van der Waals surface area contributed by atoms with E-state index in [0.29, 0.717) is 5.95 Å². The Kier molecular flexibility index (Phi) is 13.7. The molecule has 0 amide bonds. The van der Waals surface area contributed by atoms with Gasteiger partial charge in [0.25, 0.3) is 0 Å². The molecule has 7 nitrogen and oxygen atoms in total. The van der Waals surface area contributed by atoms with Gasteiger partial charge in [0.15, 0.2) is 0 Å². The van der Waals surface area contributed by atoms with Crippen LogP contribution in [0.5, 0.6) is 0 Å². The minimum atomic E-state index is 0.584. The lowest BCUT2D eigenvalue weighted by molar-refractivity contribution is 0.148. The fraction of sp³-hybridized carbons (Fsp3) is 0.448. The largest absolute Gasteiger partial charge is 0.400 e. The van der Waals surface area contributed by atoms with Crippen LogP contribution in [0.2, 0.25) is 0 Å². The predicted molar refractivity (Wildman–Crippen MR) is 152 cm³/mol. The predicted octanol–water partition coefficient (Wildman–Crippen LogP) is 4.23. The summed E-state index contributed by atoms with van der Waals surface area (Å²) in [6, 6.07) is 8.91. The van der Waals surface area contributed by atoms with Crippen LogP contribution in [0.15, 0.2) is 67.5 Å². The molecule has 0 unspecified atom stereocenters. The molecule has 2 heterocycles. The summed E-state index contributed by atoms with van der Waals surface area (Å²) in [4.78, 5) is 14.4. The summed E-state index contributed by atoms with van der Waals surface area (Å²) in [5.74, 6) is 0.584. The third-order valence-corrected chi connectivity index (χ3v) is 6.28. The van der Waals surface area contributed by atoms with Gasteiger partial charge in [0.1, 0.15) is 0 Å². The number of likely N-dealkylation sites (N-methyl/N-ethyl adjacent to an activating group) is 1. The topological polar surface area (TPSA) is 90.5 Å². The summed E-state index contributed by atoms with van der Waals surface area (Å²) in [6.07, 6.45) is 12.6. The van der Waals surface area contributed by atoms with Crippen LogP contribution in [-0.2, 0) is 13.0 Å². The fourth-order valence-corrected chi connectivity index (χ4v) is 4.17. The second kappa shape index (κ2) is 16.8. The molecule has 4 N–H and O–H groups in total. The van der Waals surface area contributed by atoms with Crippen molar-refractivity contribution in [3.63, 3.8) is 0 Å². The average molecular weight is 493 g/mol. The monoisotopic (exact) mass is 492 g/mol. The lowest BCUT2D eigenvalue weighted by Crippen LogP contribution is -2.43. The Bertz CT molecular complexity index is 949. The van der Waals surface area contributed by atoms with E-state index in [4.69, 9.17) is 15.8 Å². The fourth-order valence-electron chi connectivity index (χ4n) is 4.17. The number of benzene rings is 1. The van der Waals surface area contributed by atoms with E-state index in [-0.39, 0.29) is 0 Å². The SMILES string of the molecule is C=C/C=C(\C=C)Nc1ncc(-c2ccc(CN3CCN(C)CC3)cc2)c(CCCCCCN)n1.CO. The first-order chi connectivity index (χ1) is 17.6. The number of aryl methyl sites for hydroxylation is 1. The number of aliphatic hydroxyl groups is 1. The van der Waals surface area contributed by atoms with Crippen molar-refractivity contribution < 1.29 is 5.11 Å². The van der Waals surface area contributed by atoms with Gasteiger partial charge in [-0.2, -0.15) is 0 Å². The van der Waals surface area contributed by atoms with Gasteiger partial charge in [0, 0.05) is 57.3 Å². The highest BCUT2D eigenvalue weighted by molar-refractivity contribution is 5.66. The highest BCUT2D eigenvalue weighted by atomic mass is 16.2. The lowest BCUT2D eigenvalue weighted by Gasteiger charge is -2.32. The van der Waals surface area contributed by atoms with E-state index < -0.39 is 0 Å².